The smallest absolute Gasteiger partial charge is 0.233 e. The number of amides is 1. The van der Waals surface area contributed by atoms with Gasteiger partial charge in [0.2, 0.25) is 5.91 Å². The number of likely N-dealkylation sites (tertiary alicyclic amines) is 1. The van der Waals surface area contributed by atoms with Gasteiger partial charge in [0, 0.05) is 25.1 Å². The first kappa shape index (κ1) is 9.99. The van der Waals surface area contributed by atoms with Crippen molar-refractivity contribution >= 4 is 21.8 Å². The number of alkyl halides is 1. The average Bonchev–Trinajstić information content (AvgIpc) is 2.45. The second kappa shape index (κ2) is 4.23. The lowest BCUT2D eigenvalue weighted by atomic mass is 10.0. The average molecular weight is 236 g/mol. The van der Waals surface area contributed by atoms with Crippen LogP contribution in [0.2, 0.25) is 0 Å². The van der Waals surface area contributed by atoms with Crippen molar-refractivity contribution in [1.82, 2.24) is 4.90 Å². The normalized spacial score (nSPS) is 29.4. The highest BCUT2D eigenvalue weighted by Gasteiger charge is 2.32. The van der Waals surface area contributed by atoms with Crippen LogP contribution in [0.1, 0.15) is 13.3 Å². The summed E-state index contributed by atoms with van der Waals surface area (Å²) in [7, 11) is 0. The lowest BCUT2D eigenvalue weighted by Crippen LogP contribution is -2.37. The molecule has 1 saturated heterocycles. The fraction of sp³-hybridized carbons (Fsp3) is 0.875. The lowest BCUT2D eigenvalue weighted by Gasteiger charge is -2.23. The van der Waals surface area contributed by atoms with Crippen LogP contribution in [0, 0.1) is 5.92 Å². The predicted octanol–water partition coefficient (Wildman–Crippen LogP) is 0.611. The highest BCUT2D eigenvalue weighted by molar-refractivity contribution is 9.09. The Bertz CT molecular complexity index is 174. The highest BCUT2D eigenvalue weighted by Crippen LogP contribution is 2.23. The van der Waals surface area contributed by atoms with Gasteiger partial charge in [-0.15, -0.1) is 0 Å². The monoisotopic (exact) mass is 235 g/mol. The van der Waals surface area contributed by atoms with Crippen LogP contribution in [0.5, 0.6) is 0 Å². The molecule has 0 bridgehead atoms. The Balaban J connectivity index is 2.54. The molecular formula is C8H14BrNO2. The molecule has 0 aromatic heterocycles. The fourth-order valence-electron chi connectivity index (χ4n) is 1.68. The zero-order chi connectivity index (χ0) is 9.14. The van der Waals surface area contributed by atoms with E-state index in [9.17, 15) is 4.79 Å². The molecule has 0 radical (unpaired) electrons. The minimum atomic E-state index is 0.124. The van der Waals surface area contributed by atoms with Gasteiger partial charge in [0.25, 0.3) is 0 Å². The second-order valence-electron chi connectivity index (χ2n) is 3.19. The molecule has 1 fully saturated rings. The minimum Gasteiger partial charge on any atom is -0.396 e. The second-order valence-corrected chi connectivity index (χ2v) is 3.75. The molecule has 0 aliphatic carbocycles. The van der Waals surface area contributed by atoms with Crippen molar-refractivity contribution in [2.45, 2.75) is 19.4 Å². The summed E-state index contributed by atoms with van der Waals surface area (Å²) in [5, 5.41) is 9.34. The van der Waals surface area contributed by atoms with Crippen LogP contribution >= 0.6 is 15.9 Å². The number of carbonyl (C=O) groups is 1. The summed E-state index contributed by atoms with van der Waals surface area (Å²) >= 11 is 3.14. The summed E-state index contributed by atoms with van der Waals surface area (Å²) < 4.78 is 0. The van der Waals surface area contributed by atoms with Crippen molar-refractivity contribution in [2.75, 3.05) is 18.5 Å². The maximum Gasteiger partial charge on any atom is 0.233 e. The molecule has 1 aliphatic rings. The third-order valence-corrected chi connectivity index (χ3v) is 3.06. The number of carbonyl (C=O) groups excluding carboxylic acids is 1. The Morgan fingerprint density at radius 2 is 2.42 bits per heavy atom. The summed E-state index contributed by atoms with van der Waals surface area (Å²) in [6, 6.07) is 0.194. The third-order valence-electron chi connectivity index (χ3n) is 2.58. The standard InChI is InChI=1S/C8H14BrNO2/c1-6-7(5-11)2-3-10(6)8(12)4-9/h6-7,11H,2-5H2,1H3. The Morgan fingerprint density at radius 3 is 2.83 bits per heavy atom. The molecule has 1 N–H and O–H groups in total. The summed E-state index contributed by atoms with van der Waals surface area (Å²) in [4.78, 5) is 13.1. The molecule has 1 rings (SSSR count). The zero-order valence-corrected chi connectivity index (χ0v) is 8.75. The first-order chi connectivity index (χ1) is 5.70. The highest BCUT2D eigenvalue weighted by atomic mass is 79.9. The molecule has 4 heteroatoms. The molecule has 2 atom stereocenters. The molecule has 1 heterocycles. The Labute approximate surface area is 80.9 Å². The molecule has 1 amide bonds. The summed E-state index contributed by atoms with van der Waals surface area (Å²) in [6.45, 7) is 2.97. The van der Waals surface area contributed by atoms with E-state index in [4.69, 9.17) is 5.11 Å². The molecule has 12 heavy (non-hydrogen) atoms. The third kappa shape index (κ3) is 1.80. The van der Waals surface area contributed by atoms with E-state index in [0.717, 1.165) is 13.0 Å². The van der Waals surface area contributed by atoms with Crippen LogP contribution in [0.15, 0.2) is 0 Å². The summed E-state index contributed by atoms with van der Waals surface area (Å²) in [6.07, 6.45) is 0.927. The number of nitrogens with zero attached hydrogens (tertiary/aromatic N) is 1. The molecule has 0 aromatic rings. The van der Waals surface area contributed by atoms with E-state index in [1.807, 2.05) is 11.8 Å². The molecule has 0 aromatic carbocycles. The molecular weight excluding hydrogens is 222 g/mol. The van der Waals surface area contributed by atoms with Crippen molar-refractivity contribution in [1.29, 1.82) is 0 Å². The van der Waals surface area contributed by atoms with Gasteiger partial charge in [0.1, 0.15) is 0 Å². The quantitative estimate of drug-likeness (QED) is 0.713. The largest absolute Gasteiger partial charge is 0.396 e. The van der Waals surface area contributed by atoms with Crippen molar-refractivity contribution < 1.29 is 9.90 Å². The molecule has 0 saturated carbocycles. The van der Waals surface area contributed by atoms with Gasteiger partial charge in [-0.3, -0.25) is 4.79 Å². The van der Waals surface area contributed by atoms with E-state index in [1.54, 1.807) is 0 Å². The van der Waals surface area contributed by atoms with Gasteiger partial charge in [-0.05, 0) is 13.3 Å². The van der Waals surface area contributed by atoms with Crippen molar-refractivity contribution in [2.24, 2.45) is 5.92 Å². The van der Waals surface area contributed by atoms with E-state index < -0.39 is 0 Å². The number of halogens is 1. The summed E-state index contributed by atoms with van der Waals surface area (Å²) in [5.41, 5.74) is 0. The Hall–Kier alpha value is -0.0900. The minimum absolute atomic E-state index is 0.124. The van der Waals surface area contributed by atoms with Gasteiger partial charge in [-0.1, -0.05) is 15.9 Å². The van der Waals surface area contributed by atoms with Gasteiger partial charge in [-0.2, -0.15) is 0 Å². The number of hydrogen-bond acceptors (Lipinski definition) is 2. The number of hydrogen-bond donors (Lipinski definition) is 1. The maximum atomic E-state index is 11.3. The Morgan fingerprint density at radius 1 is 1.75 bits per heavy atom. The van der Waals surface area contributed by atoms with Gasteiger partial charge in [0.15, 0.2) is 0 Å². The number of aliphatic hydroxyl groups is 1. The van der Waals surface area contributed by atoms with Crippen LogP contribution in [-0.4, -0.2) is 40.4 Å². The van der Waals surface area contributed by atoms with Crippen molar-refractivity contribution in [3.05, 3.63) is 0 Å². The van der Waals surface area contributed by atoms with Crippen molar-refractivity contribution in [3.8, 4) is 0 Å². The fourth-order valence-corrected chi connectivity index (χ4v) is 2.00. The first-order valence-electron chi connectivity index (χ1n) is 4.17. The molecule has 70 valence electrons. The van der Waals surface area contributed by atoms with E-state index in [1.165, 1.54) is 0 Å². The number of rotatable bonds is 2. The Kier molecular flexibility index (Phi) is 3.53. The SMILES string of the molecule is CC1C(CO)CCN1C(=O)CBr. The molecule has 0 spiro atoms. The molecule has 2 unspecified atom stereocenters. The van der Waals surface area contributed by atoms with E-state index in [-0.39, 0.29) is 24.5 Å². The van der Waals surface area contributed by atoms with E-state index in [0.29, 0.717) is 5.33 Å². The molecule has 1 aliphatic heterocycles. The maximum absolute atomic E-state index is 11.3. The van der Waals surface area contributed by atoms with Crippen LogP contribution in [0.3, 0.4) is 0 Å². The lowest BCUT2D eigenvalue weighted by molar-refractivity contribution is -0.129. The number of aliphatic hydroxyl groups excluding tert-OH is 1. The van der Waals surface area contributed by atoms with Crippen LogP contribution in [-0.2, 0) is 4.79 Å². The summed E-state index contributed by atoms with van der Waals surface area (Å²) in [5.74, 6) is 0.395. The van der Waals surface area contributed by atoms with Gasteiger partial charge in [-0.25, -0.2) is 0 Å². The first-order valence-corrected chi connectivity index (χ1v) is 5.29. The van der Waals surface area contributed by atoms with Crippen LogP contribution in [0.25, 0.3) is 0 Å². The zero-order valence-electron chi connectivity index (χ0n) is 7.16. The van der Waals surface area contributed by atoms with Gasteiger partial charge < -0.3 is 10.0 Å². The van der Waals surface area contributed by atoms with E-state index in [2.05, 4.69) is 15.9 Å². The predicted molar refractivity (Wildman–Crippen MR) is 50.2 cm³/mol. The van der Waals surface area contributed by atoms with Gasteiger partial charge in [0.05, 0.1) is 5.33 Å². The topological polar surface area (TPSA) is 40.5 Å². The molecule has 3 nitrogen and oxygen atoms in total. The van der Waals surface area contributed by atoms with E-state index >= 15 is 0 Å². The van der Waals surface area contributed by atoms with Gasteiger partial charge >= 0.3 is 0 Å². The van der Waals surface area contributed by atoms with Crippen LogP contribution < -0.4 is 0 Å². The van der Waals surface area contributed by atoms with Crippen LogP contribution in [0.4, 0.5) is 0 Å². The van der Waals surface area contributed by atoms with Crippen molar-refractivity contribution in [3.63, 3.8) is 0 Å².